The maximum atomic E-state index is 12.5. The largest absolute Gasteiger partial charge is 0.320 e. The van der Waals surface area contributed by atoms with Crippen molar-refractivity contribution in [3.63, 3.8) is 0 Å². The Morgan fingerprint density at radius 2 is 1.93 bits per heavy atom. The number of nitrogens with one attached hydrogen (secondary N) is 1. The topological polar surface area (TPSA) is 90.5 Å². The molecular weight excluding hydrogens is 378 g/mol. The zero-order valence-corrected chi connectivity index (χ0v) is 15.7. The molecule has 1 N–H and O–H groups in total. The number of hydrogen-bond donors (Lipinski definition) is 1. The molecule has 2 heterocycles. The summed E-state index contributed by atoms with van der Waals surface area (Å²) in [5.41, 5.74) is 2.73. The minimum atomic E-state index is -0.319. The highest BCUT2D eigenvalue weighted by molar-refractivity contribution is 6.31. The Balaban J connectivity index is 1.45. The van der Waals surface area contributed by atoms with Crippen molar-refractivity contribution in [3.05, 3.63) is 77.1 Å². The van der Waals surface area contributed by atoms with Crippen LogP contribution in [-0.2, 0) is 6.67 Å². The molecule has 9 heteroatoms. The van der Waals surface area contributed by atoms with E-state index in [1.54, 1.807) is 29.1 Å². The van der Waals surface area contributed by atoms with Crippen LogP contribution >= 0.6 is 11.6 Å². The van der Waals surface area contributed by atoms with Gasteiger partial charge in [0.2, 0.25) is 5.82 Å². The van der Waals surface area contributed by atoms with Crippen LogP contribution in [0.3, 0.4) is 0 Å². The van der Waals surface area contributed by atoms with Gasteiger partial charge in [-0.25, -0.2) is 4.68 Å². The molecule has 0 aliphatic rings. The molecule has 0 unspecified atom stereocenters. The van der Waals surface area contributed by atoms with Gasteiger partial charge in [0.05, 0.1) is 0 Å². The zero-order chi connectivity index (χ0) is 19.5. The normalized spacial score (nSPS) is 10.8. The van der Waals surface area contributed by atoms with E-state index >= 15 is 0 Å². The number of carbonyl (C=O) groups is 1. The molecule has 8 nitrogen and oxygen atoms in total. The minimum absolute atomic E-state index is 0.239. The molecule has 0 aliphatic heterocycles. The van der Waals surface area contributed by atoms with Crippen molar-refractivity contribution in [2.75, 3.05) is 5.32 Å². The molecule has 4 rings (SSSR count). The van der Waals surface area contributed by atoms with Crippen LogP contribution in [0, 0.1) is 6.92 Å². The van der Waals surface area contributed by atoms with Crippen molar-refractivity contribution in [1.29, 1.82) is 0 Å². The second-order valence-corrected chi connectivity index (χ2v) is 6.58. The first-order valence-electron chi connectivity index (χ1n) is 8.53. The van der Waals surface area contributed by atoms with Crippen LogP contribution in [0.4, 0.5) is 5.69 Å². The lowest BCUT2D eigenvalue weighted by atomic mass is 10.2. The van der Waals surface area contributed by atoms with Gasteiger partial charge in [0.1, 0.15) is 0 Å². The summed E-state index contributed by atoms with van der Waals surface area (Å²) in [6, 6.07) is 16.5. The maximum Gasteiger partial charge on any atom is 0.276 e. The molecule has 0 bridgehead atoms. The summed E-state index contributed by atoms with van der Waals surface area (Å²) in [6.45, 7) is 2.13. The molecule has 1 amide bonds. The van der Waals surface area contributed by atoms with Crippen molar-refractivity contribution >= 4 is 23.2 Å². The first kappa shape index (κ1) is 17.9. The number of aromatic nitrogens is 6. The van der Waals surface area contributed by atoms with Gasteiger partial charge in [0.25, 0.3) is 5.91 Å². The molecule has 2 aromatic carbocycles. The van der Waals surface area contributed by atoms with Crippen LogP contribution in [0.15, 0.2) is 60.8 Å². The lowest BCUT2D eigenvalue weighted by Crippen LogP contribution is -2.16. The van der Waals surface area contributed by atoms with Crippen LogP contribution in [0.2, 0.25) is 5.02 Å². The maximum absolute atomic E-state index is 12.5. The molecule has 0 fully saturated rings. The van der Waals surface area contributed by atoms with Crippen molar-refractivity contribution in [3.8, 4) is 11.4 Å². The second-order valence-electron chi connectivity index (χ2n) is 6.15. The summed E-state index contributed by atoms with van der Waals surface area (Å²) >= 11 is 5.99. The first-order chi connectivity index (χ1) is 13.6. The monoisotopic (exact) mass is 393 g/mol. The van der Waals surface area contributed by atoms with Gasteiger partial charge in [-0.3, -0.25) is 4.79 Å². The van der Waals surface area contributed by atoms with Crippen LogP contribution in [-0.4, -0.2) is 35.9 Å². The van der Waals surface area contributed by atoms with Crippen molar-refractivity contribution in [2.24, 2.45) is 0 Å². The van der Waals surface area contributed by atoms with Gasteiger partial charge in [-0.15, -0.1) is 15.0 Å². The molecule has 4 aromatic rings. The molecule has 0 aliphatic carbocycles. The fraction of sp³-hybridized carbons (Fsp3) is 0.105. The number of benzene rings is 2. The molecule has 0 spiro atoms. The molecular formula is C19H16ClN7O. The van der Waals surface area contributed by atoms with Crippen LogP contribution in [0.1, 0.15) is 16.1 Å². The Morgan fingerprint density at radius 1 is 1.11 bits per heavy atom. The predicted molar refractivity (Wildman–Crippen MR) is 105 cm³/mol. The van der Waals surface area contributed by atoms with E-state index in [0.717, 1.165) is 11.1 Å². The highest BCUT2D eigenvalue weighted by Gasteiger charge is 2.12. The van der Waals surface area contributed by atoms with Gasteiger partial charge in [0, 0.05) is 22.5 Å². The Morgan fingerprint density at radius 3 is 2.75 bits per heavy atom. The number of nitrogens with zero attached hydrogens (tertiary/aromatic N) is 6. The fourth-order valence-electron chi connectivity index (χ4n) is 2.61. The van der Waals surface area contributed by atoms with E-state index in [0.29, 0.717) is 16.5 Å². The van der Waals surface area contributed by atoms with Crippen LogP contribution < -0.4 is 5.32 Å². The van der Waals surface area contributed by atoms with Crippen molar-refractivity contribution < 1.29 is 4.79 Å². The Labute approximate surface area is 165 Å². The number of hydrogen-bond acceptors (Lipinski definition) is 5. The van der Waals surface area contributed by atoms with E-state index in [1.165, 1.54) is 4.80 Å². The molecule has 140 valence electrons. The van der Waals surface area contributed by atoms with Gasteiger partial charge in [-0.1, -0.05) is 48.0 Å². The molecule has 0 saturated heterocycles. The summed E-state index contributed by atoms with van der Waals surface area (Å²) < 4.78 is 1.57. The van der Waals surface area contributed by atoms with Gasteiger partial charge in [-0.2, -0.15) is 5.10 Å². The number of anilines is 1. The summed E-state index contributed by atoms with van der Waals surface area (Å²) in [6.07, 6.45) is 1.69. The summed E-state index contributed by atoms with van der Waals surface area (Å²) in [7, 11) is 0. The SMILES string of the molecule is Cc1ccc(Cl)cc1NC(=O)c1ccn(Cn2nnc(-c3ccccc3)n2)n1. The highest BCUT2D eigenvalue weighted by Crippen LogP contribution is 2.20. The average molecular weight is 394 g/mol. The predicted octanol–water partition coefficient (Wildman–Crippen LogP) is 3.26. The number of amides is 1. The van der Waals surface area contributed by atoms with Gasteiger partial charge < -0.3 is 5.32 Å². The minimum Gasteiger partial charge on any atom is -0.320 e. The van der Waals surface area contributed by atoms with Gasteiger partial charge in [-0.05, 0) is 35.9 Å². The zero-order valence-electron chi connectivity index (χ0n) is 15.0. The van der Waals surface area contributed by atoms with E-state index in [1.807, 2.05) is 43.3 Å². The third-order valence-electron chi connectivity index (χ3n) is 4.08. The number of tetrazole rings is 1. The Kier molecular flexibility index (Phi) is 4.86. The Bertz CT molecular complexity index is 1120. The Hall–Kier alpha value is -3.52. The highest BCUT2D eigenvalue weighted by atomic mass is 35.5. The summed E-state index contributed by atoms with van der Waals surface area (Å²) in [5, 5.41) is 20.1. The number of aryl methyl sites for hydroxylation is 1. The standard InChI is InChI=1S/C19H16ClN7O/c1-13-7-8-15(20)11-17(13)21-19(28)16-9-10-26(23-16)12-27-24-18(22-25-27)14-5-3-2-4-6-14/h2-11H,12H2,1H3,(H,21,28). The van der Waals surface area contributed by atoms with E-state index in [4.69, 9.17) is 11.6 Å². The van der Waals surface area contributed by atoms with E-state index in [2.05, 4.69) is 25.8 Å². The molecule has 2 aromatic heterocycles. The number of rotatable bonds is 5. The first-order valence-corrected chi connectivity index (χ1v) is 8.90. The van der Waals surface area contributed by atoms with E-state index in [9.17, 15) is 4.79 Å². The third kappa shape index (κ3) is 3.91. The van der Waals surface area contributed by atoms with Gasteiger partial charge in [0.15, 0.2) is 12.4 Å². The van der Waals surface area contributed by atoms with Crippen molar-refractivity contribution in [1.82, 2.24) is 30.0 Å². The second kappa shape index (κ2) is 7.61. The van der Waals surface area contributed by atoms with Crippen LogP contribution in [0.25, 0.3) is 11.4 Å². The smallest absolute Gasteiger partial charge is 0.276 e. The van der Waals surface area contributed by atoms with E-state index < -0.39 is 0 Å². The molecule has 28 heavy (non-hydrogen) atoms. The molecule has 0 saturated carbocycles. The third-order valence-corrected chi connectivity index (χ3v) is 4.31. The quantitative estimate of drug-likeness (QED) is 0.562. The fourth-order valence-corrected chi connectivity index (χ4v) is 2.78. The average Bonchev–Trinajstić information content (AvgIpc) is 3.36. The van der Waals surface area contributed by atoms with E-state index in [-0.39, 0.29) is 18.3 Å². The summed E-state index contributed by atoms with van der Waals surface area (Å²) in [4.78, 5) is 13.9. The lowest BCUT2D eigenvalue weighted by Gasteiger charge is -2.07. The number of carbonyl (C=O) groups excluding carboxylic acids is 1. The van der Waals surface area contributed by atoms with Gasteiger partial charge >= 0.3 is 0 Å². The molecule has 0 radical (unpaired) electrons. The number of halogens is 1. The van der Waals surface area contributed by atoms with Crippen molar-refractivity contribution in [2.45, 2.75) is 13.6 Å². The van der Waals surface area contributed by atoms with Crippen LogP contribution in [0.5, 0.6) is 0 Å². The molecule has 0 atom stereocenters. The summed E-state index contributed by atoms with van der Waals surface area (Å²) in [5.74, 6) is 0.211. The lowest BCUT2D eigenvalue weighted by molar-refractivity contribution is 0.102.